The van der Waals surface area contributed by atoms with E-state index in [1.165, 1.54) is 0 Å². The third-order valence-corrected chi connectivity index (χ3v) is 1.70. The van der Waals surface area contributed by atoms with Gasteiger partial charge in [-0.15, -0.1) is 0 Å². The van der Waals surface area contributed by atoms with Crippen LogP contribution >= 0.6 is 13.6 Å². The SMILES string of the molecule is [Br][Rh].c1ccncc1.c1ccncc1.c1ccncc1. The van der Waals surface area contributed by atoms with E-state index in [1.54, 1.807) is 37.2 Å². The van der Waals surface area contributed by atoms with Gasteiger partial charge in [0.05, 0.1) is 0 Å². The van der Waals surface area contributed by atoms with Crippen molar-refractivity contribution < 1.29 is 16.3 Å². The first kappa shape index (κ1) is 18.6. The molecule has 0 N–H and O–H groups in total. The van der Waals surface area contributed by atoms with Crippen LogP contribution in [-0.4, -0.2) is 15.0 Å². The van der Waals surface area contributed by atoms with E-state index in [4.69, 9.17) is 0 Å². The fourth-order valence-corrected chi connectivity index (χ4v) is 0.938. The monoisotopic (exact) mass is 419 g/mol. The molecule has 0 aliphatic rings. The third-order valence-electron chi connectivity index (χ3n) is 1.70. The molecule has 106 valence electrons. The van der Waals surface area contributed by atoms with E-state index in [9.17, 15) is 0 Å². The smallest absolute Gasteiger partial charge is 0.0267 e. The molecule has 0 fully saturated rings. The Labute approximate surface area is 136 Å². The summed E-state index contributed by atoms with van der Waals surface area (Å²) in [5, 5.41) is 0. The minimum Gasteiger partial charge on any atom is -0.265 e. The molecule has 0 amide bonds. The van der Waals surface area contributed by atoms with Gasteiger partial charge in [0.15, 0.2) is 0 Å². The molecule has 0 atom stereocenters. The second kappa shape index (κ2) is 17.6. The first-order valence-electron chi connectivity index (χ1n) is 5.68. The minimum absolute atomic E-state index is 1.75. The molecule has 0 bridgehead atoms. The molecule has 0 saturated carbocycles. The van der Waals surface area contributed by atoms with E-state index in [-0.39, 0.29) is 0 Å². The summed E-state index contributed by atoms with van der Waals surface area (Å²) in [6.07, 6.45) is 10.5. The van der Waals surface area contributed by atoms with Crippen molar-refractivity contribution in [3.63, 3.8) is 0 Å². The second-order valence-corrected chi connectivity index (χ2v) is 3.07. The van der Waals surface area contributed by atoms with E-state index in [1.807, 2.05) is 54.6 Å². The average Bonchev–Trinajstić information content (AvgIpc) is 2.62. The quantitative estimate of drug-likeness (QED) is 0.515. The predicted octanol–water partition coefficient (Wildman–Crippen LogP) is 4.09. The van der Waals surface area contributed by atoms with Gasteiger partial charge in [0.1, 0.15) is 0 Å². The van der Waals surface area contributed by atoms with E-state index >= 15 is 0 Å². The topological polar surface area (TPSA) is 38.7 Å². The van der Waals surface area contributed by atoms with Crippen molar-refractivity contribution in [2.24, 2.45) is 0 Å². The molecule has 3 heterocycles. The van der Waals surface area contributed by atoms with Gasteiger partial charge >= 0.3 is 30.0 Å². The van der Waals surface area contributed by atoms with Crippen LogP contribution in [-0.2, 0) is 16.3 Å². The van der Waals surface area contributed by atoms with Crippen LogP contribution in [0.3, 0.4) is 0 Å². The fraction of sp³-hybridized carbons (Fsp3) is 0. The van der Waals surface area contributed by atoms with Crippen LogP contribution in [0.25, 0.3) is 0 Å². The van der Waals surface area contributed by atoms with Crippen molar-refractivity contribution in [3.8, 4) is 0 Å². The number of nitrogens with zero attached hydrogens (tertiary/aromatic N) is 3. The zero-order chi connectivity index (χ0) is 14.7. The Hall–Kier alpha value is -1.45. The van der Waals surface area contributed by atoms with Crippen LogP contribution in [0.4, 0.5) is 0 Å². The summed E-state index contributed by atoms with van der Waals surface area (Å²) in [6, 6.07) is 17.1. The maximum absolute atomic E-state index is 3.78. The van der Waals surface area contributed by atoms with Gasteiger partial charge in [-0.25, -0.2) is 0 Å². The third kappa shape index (κ3) is 14.6. The summed E-state index contributed by atoms with van der Waals surface area (Å²) >= 11 is 5.19. The van der Waals surface area contributed by atoms with Gasteiger partial charge < -0.3 is 0 Å². The van der Waals surface area contributed by atoms with Crippen LogP contribution < -0.4 is 0 Å². The van der Waals surface area contributed by atoms with Crippen LogP contribution in [0.2, 0.25) is 0 Å². The van der Waals surface area contributed by atoms with E-state index in [0.717, 1.165) is 0 Å². The summed E-state index contributed by atoms with van der Waals surface area (Å²) in [5.41, 5.74) is 0. The van der Waals surface area contributed by atoms with Crippen molar-refractivity contribution in [2.75, 3.05) is 0 Å². The van der Waals surface area contributed by atoms with Crippen molar-refractivity contribution in [2.45, 2.75) is 0 Å². The van der Waals surface area contributed by atoms with Crippen LogP contribution in [0.15, 0.2) is 91.8 Å². The van der Waals surface area contributed by atoms with Crippen molar-refractivity contribution in [3.05, 3.63) is 91.8 Å². The summed E-state index contributed by atoms with van der Waals surface area (Å²) in [4.78, 5) is 11.4. The van der Waals surface area contributed by atoms with Crippen molar-refractivity contribution in [1.29, 1.82) is 0 Å². The first-order valence-corrected chi connectivity index (χ1v) is 9.42. The zero-order valence-electron chi connectivity index (χ0n) is 10.7. The molecule has 0 aromatic carbocycles. The molecule has 0 saturated heterocycles. The standard InChI is InChI=1S/3C5H5N.BrH.Rh/c3*1-2-4-6-5-3-1;;/h3*1-5H;1H;/q;;;;+1/p-1. The number of aromatic nitrogens is 3. The van der Waals surface area contributed by atoms with Crippen LogP contribution in [0.5, 0.6) is 0 Å². The molecule has 3 rings (SSSR count). The number of rotatable bonds is 0. The Morgan fingerprint density at radius 1 is 0.400 bits per heavy atom. The molecule has 0 spiro atoms. The molecular formula is C15H15BrN3Rh. The Balaban J connectivity index is 0.000000255. The largest absolute Gasteiger partial charge is 0.265 e. The minimum atomic E-state index is 1.75. The molecular weight excluding hydrogens is 405 g/mol. The maximum Gasteiger partial charge on any atom is 0.0267 e. The molecule has 0 radical (unpaired) electrons. The first-order chi connectivity index (χ1) is 10.0. The average molecular weight is 420 g/mol. The molecule has 3 nitrogen and oxygen atoms in total. The molecule has 20 heavy (non-hydrogen) atoms. The van der Waals surface area contributed by atoms with E-state index in [0.29, 0.717) is 0 Å². The Morgan fingerprint density at radius 3 is 0.650 bits per heavy atom. The fourth-order valence-electron chi connectivity index (χ4n) is 0.938. The van der Waals surface area contributed by atoms with Crippen molar-refractivity contribution in [1.82, 2.24) is 15.0 Å². The Morgan fingerprint density at radius 2 is 0.600 bits per heavy atom. The molecule has 0 unspecified atom stereocenters. The summed E-state index contributed by atoms with van der Waals surface area (Å²) < 4.78 is 0. The molecule has 0 aliphatic heterocycles. The van der Waals surface area contributed by atoms with Gasteiger partial charge in [-0.3, -0.25) is 15.0 Å². The van der Waals surface area contributed by atoms with Crippen molar-refractivity contribution >= 4 is 13.6 Å². The van der Waals surface area contributed by atoms with Gasteiger partial charge in [-0.05, 0) is 36.4 Å². The predicted molar refractivity (Wildman–Crippen MR) is 81.6 cm³/mol. The number of hydrogen-bond acceptors (Lipinski definition) is 3. The van der Waals surface area contributed by atoms with Crippen LogP contribution in [0.1, 0.15) is 0 Å². The van der Waals surface area contributed by atoms with Gasteiger partial charge in [-0.1, -0.05) is 18.2 Å². The van der Waals surface area contributed by atoms with E-state index in [2.05, 4.69) is 44.9 Å². The maximum atomic E-state index is 3.78. The van der Waals surface area contributed by atoms with Gasteiger partial charge in [-0.2, -0.15) is 0 Å². The molecule has 0 aliphatic carbocycles. The number of halogens is 1. The summed E-state index contributed by atoms with van der Waals surface area (Å²) in [6.45, 7) is 0. The summed E-state index contributed by atoms with van der Waals surface area (Å²) in [5.74, 6) is 0. The molecule has 3 aromatic heterocycles. The van der Waals surface area contributed by atoms with E-state index < -0.39 is 0 Å². The second-order valence-electron chi connectivity index (χ2n) is 3.07. The zero-order valence-corrected chi connectivity index (χ0v) is 13.9. The summed E-state index contributed by atoms with van der Waals surface area (Å²) in [7, 11) is 0. The normalized spacial score (nSPS) is 7.55. The number of pyridine rings is 3. The molecule has 3 aromatic rings. The Bertz CT molecular complexity index is 314. The molecule has 5 heteroatoms. The Kier molecular flexibility index (Phi) is 16.3. The van der Waals surface area contributed by atoms with Crippen LogP contribution in [0, 0.1) is 0 Å². The van der Waals surface area contributed by atoms with Gasteiger partial charge in [0.2, 0.25) is 0 Å². The van der Waals surface area contributed by atoms with Gasteiger partial charge in [0, 0.05) is 37.2 Å². The van der Waals surface area contributed by atoms with Gasteiger partial charge in [0.25, 0.3) is 0 Å². The number of hydrogen-bond donors (Lipinski definition) is 0.